The van der Waals surface area contributed by atoms with E-state index < -0.39 is 0 Å². The average molecular weight is 332 g/mol. The molecule has 2 N–H and O–H groups in total. The summed E-state index contributed by atoms with van der Waals surface area (Å²) in [6.45, 7) is 7.21. The second-order valence-electron chi connectivity index (χ2n) is 6.99. The standard InChI is InChI=1S/C18H28N4O2/c1-14-4-7-22(8-5-14)17-3-2-15(10-19-17)11-20-18(23)21-12-16-6-9-24-13-16/h2-3,10,14,16H,4-9,11-13H2,1H3,(H2,20,21,23). The van der Waals surface area contributed by atoms with E-state index in [1.807, 2.05) is 12.3 Å². The number of ether oxygens (including phenoxy) is 1. The van der Waals surface area contributed by atoms with Gasteiger partial charge >= 0.3 is 6.03 Å². The molecule has 0 aliphatic carbocycles. The topological polar surface area (TPSA) is 66.5 Å². The van der Waals surface area contributed by atoms with Crippen molar-refractivity contribution in [1.82, 2.24) is 15.6 Å². The summed E-state index contributed by atoms with van der Waals surface area (Å²) in [5.41, 5.74) is 1.02. The number of carbonyl (C=O) groups is 1. The van der Waals surface area contributed by atoms with Crippen LogP contribution in [0.1, 0.15) is 31.7 Å². The fraction of sp³-hybridized carbons (Fsp3) is 0.667. The van der Waals surface area contributed by atoms with E-state index in [1.54, 1.807) is 0 Å². The van der Waals surface area contributed by atoms with Crippen LogP contribution < -0.4 is 15.5 Å². The molecule has 6 heteroatoms. The first-order valence-corrected chi connectivity index (χ1v) is 9.00. The van der Waals surface area contributed by atoms with E-state index in [-0.39, 0.29) is 6.03 Å². The zero-order valence-corrected chi connectivity index (χ0v) is 14.5. The molecule has 3 rings (SSSR count). The van der Waals surface area contributed by atoms with Crippen molar-refractivity contribution in [3.05, 3.63) is 23.9 Å². The largest absolute Gasteiger partial charge is 0.381 e. The number of carbonyl (C=O) groups excluding carboxylic acids is 1. The molecule has 24 heavy (non-hydrogen) atoms. The zero-order valence-electron chi connectivity index (χ0n) is 14.5. The Hall–Kier alpha value is -1.82. The van der Waals surface area contributed by atoms with Gasteiger partial charge in [0.15, 0.2) is 0 Å². The Morgan fingerprint density at radius 3 is 2.79 bits per heavy atom. The second kappa shape index (κ2) is 8.33. The van der Waals surface area contributed by atoms with E-state index in [0.717, 1.165) is 50.0 Å². The fourth-order valence-corrected chi connectivity index (χ4v) is 3.17. The van der Waals surface area contributed by atoms with Gasteiger partial charge in [0, 0.05) is 44.9 Å². The van der Waals surface area contributed by atoms with Crippen molar-refractivity contribution in [2.24, 2.45) is 11.8 Å². The number of hydrogen-bond donors (Lipinski definition) is 2. The molecule has 2 aliphatic rings. The highest BCUT2D eigenvalue weighted by Crippen LogP contribution is 2.21. The summed E-state index contributed by atoms with van der Waals surface area (Å²) in [4.78, 5) is 18.7. The highest BCUT2D eigenvalue weighted by atomic mass is 16.5. The Bertz CT molecular complexity index is 520. The molecule has 0 bridgehead atoms. The molecule has 132 valence electrons. The van der Waals surface area contributed by atoms with Gasteiger partial charge in [0.05, 0.1) is 6.61 Å². The molecule has 6 nitrogen and oxygen atoms in total. The van der Waals surface area contributed by atoms with Crippen molar-refractivity contribution in [1.29, 1.82) is 0 Å². The molecule has 1 unspecified atom stereocenters. The maximum Gasteiger partial charge on any atom is 0.315 e. The number of pyridine rings is 1. The number of piperidine rings is 1. The maximum absolute atomic E-state index is 11.8. The molecule has 3 heterocycles. The quantitative estimate of drug-likeness (QED) is 0.867. The van der Waals surface area contributed by atoms with Gasteiger partial charge in [-0.1, -0.05) is 13.0 Å². The Morgan fingerprint density at radius 1 is 1.29 bits per heavy atom. The Morgan fingerprint density at radius 2 is 2.12 bits per heavy atom. The monoisotopic (exact) mass is 332 g/mol. The summed E-state index contributed by atoms with van der Waals surface area (Å²) in [6.07, 6.45) is 5.35. The lowest BCUT2D eigenvalue weighted by molar-refractivity contribution is 0.185. The number of urea groups is 1. The van der Waals surface area contributed by atoms with Gasteiger partial charge in [0.1, 0.15) is 5.82 Å². The predicted molar refractivity (Wildman–Crippen MR) is 94.0 cm³/mol. The molecule has 0 spiro atoms. The minimum atomic E-state index is -0.129. The van der Waals surface area contributed by atoms with Crippen molar-refractivity contribution < 1.29 is 9.53 Å². The van der Waals surface area contributed by atoms with E-state index in [1.165, 1.54) is 12.8 Å². The Labute approximate surface area is 144 Å². The predicted octanol–water partition coefficient (Wildman–Crippen LogP) is 2.15. The van der Waals surface area contributed by atoms with Crippen LogP contribution in [-0.4, -0.2) is 43.9 Å². The summed E-state index contributed by atoms with van der Waals surface area (Å²) < 4.78 is 5.30. The van der Waals surface area contributed by atoms with Crippen molar-refractivity contribution in [2.45, 2.75) is 32.7 Å². The summed E-state index contributed by atoms with van der Waals surface area (Å²) in [5.74, 6) is 2.30. The minimum Gasteiger partial charge on any atom is -0.381 e. The number of nitrogens with one attached hydrogen (secondary N) is 2. The molecule has 1 aromatic heterocycles. The molecule has 0 saturated carbocycles. The normalized spacial score (nSPS) is 21.7. The van der Waals surface area contributed by atoms with E-state index >= 15 is 0 Å². The number of nitrogens with zero attached hydrogens (tertiary/aromatic N) is 2. The summed E-state index contributed by atoms with van der Waals surface area (Å²) in [5, 5.41) is 5.79. The summed E-state index contributed by atoms with van der Waals surface area (Å²) in [6, 6.07) is 3.97. The van der Waals surface area contributed by atoms with Crippen LogP contribution in [-0.2, 0) is 11.3 Å². The molecule has 1 atom stereocenters. The van der Waals surface area contributed by atoms with Crippen LogP contribution in [0.4, 0.5) is 10.6 Å². The van der Waals surface area contributed by atoms with Crippen LogP contribution in [0.25, 0.3) is 0 Å². The number of aromatic nitrogens is 1. The highest BCUT2D eigenvalue weighted by molar-refractivity contribution is 5.73. The first-order chi connectivity index (χ1) is 11.7. The SMILES string of the molecule is CC1CCN(c2ccc(CNC(=O)NCC3CCOC3)cn2)CC1. The zero-order chi connectivity index (χ0) is 16.8. The first kappa shape index (κ1) is 17.0. The number of hydrogen-bond acceptors (Lipinski definition) is 4. The smallest absolute Gasteiger partial charge is 0.315 e. The number of rotatable bonds is 5. The molecular formula is C18H28N4O2. The lowest BCUT2D eigenvalue weighted by Gasteiger charge is -2.31. The van der Waals surface area contributed by atoms with E-state index in [4.69, 9.17) is 4.74 Å². The van der Waals surface area contributed by atoms with Crippen molar-refractivity contribution in [3.63, 3.8) is 0 Å². The van der Waals surface area contributed by atoms with Gasteiger partial charge in [0.2, 0.25) is 0 Å². The van der Waals surface area contributed by atoms with E-state index in [0.29, 0.717) is 19.0 Å². The van der Waals surface area contributed by atoms with Crippen molar-refractivity contribution >= 4 is 11.8 Å². The maximum atomic E-state index is 11.8. The molecule has 2 fully saturated rings. The van der Waals surface area contributed by atoms with Crippen LogP contribution in [0.5, 0.6) is 0 Å². The van der Waals surface area contributed by atoms with Gasteiger partial charge in [-0.05, 0) is 36.8 Å². The van der Waals surface area contributed by atoms with E-state index in [9.17, 15) is 4.79 Å². The lowest BCUT2D eigenvalue weighted by Crippen LogP contribution is -2.38. The number of anilines is 1. The summed E-state index contributed by atoms with van der Waals surface area (Å²) in [7, 11) is 0. The average Bonchev–Trinajstić information content (AvgIpc) is 3.13. The first-order valence-electron chi connectivity index (χ1n) is 9.00. The van der Waals surface area contributed by atoms with Crippen LogP contribution >= 0.6 is 0 Å². The highest BCUT2D eigenvalue weighted by Gasteiger charge is 2.17. The van der Waals surface area contributed by atoms with Crippen LogP contribution in [0.15, 0.2) is 18.3 Å². The third-order valence-corrected chi connectivity index (χ3v) is 4.95. The minimum absolute atomic E-state index is 0.129. The van der Waals surface area contributed by atoms with Crippen LogP contribution in [0.3, 0.4) is 0 Å². The van der Waals surface area contributed by atoms with E-state index in [2.05, 4.69) is 33.5 Å². The molecule has 2 amide bonds. The molecule has 0 radical (unpaired) electrons. The van der Waals surface area contributed by atoms with Crippen molar-refractivity contribution in [3.8, 4) is 0 Å². The molecular weight excluding hydrogens is 304 g/mol. The van der Waals surface area contributed by atoms with Gasteiger partial charge in [-0.2, -0.15) is 0 Å². The fourth-order valence-electron chi connectivity index (χ4n) is 3.17. The summed E-state index contributed by atoms with van der Waals surface area (Å²) >= 11 is 0. The van der Waals surface area contributed by atoms with Crippen molar-refractivity contribution in [2.75, 3.05) is 37.7 Å². The van der Waals surface area contributed by atoms with Crippen LogP contribution in [0.2, 0.25) is 0 Å². The third-order valence-electron chi connectivity index (χ3n) is 4.95. The molecule has 2 saturated heterocycles. The molecule has 0 aromatic carbocycles. The van der Waals surface area contributed by atoms with Gasteiger partial charge in [0.25, 0.3) is 0 Å². The van der Waals surface area contributed by atoms with Gasteiger partial charge in [-0.3, -0.25) is 0 Å². The van der Waals surface area contributed by atoms with Crippen LogP contribution in [0, 0.1) is 11.8 Å². The third kappa shape index (κ3) is 4.84. The molecule has 1 aromatic rings. The Balaban J connectivity index is 1.40. The Kier molecular flexibility index (Phi) is 5.91. The molecule has 2 aliphatic heterocycles. The van der Waals surface area contributed by atoms with Gasteiger partial charge in [-0.25, -0.2) is 9.78 Å². The second-order valence-corrected chi connectivity index (χ2v) is 6.99. The van der Waals surface area contributed by atoms with Gasteiger partial charge < -0.3 is 20.3 Å². The van der Waals surface area contributed by atoms with Gasteiger partial charge in [-0.15, -0.1) is 0 Å². The lowest BCUT2D eigenvalue weighted by atomic mass is 9.99. The number of amides is 2.